The number of aromatic nitrogens is 1. The number of rotatable bonds is 6. The third-order valence-corrected chi connectivity index (χ3v) is 3.66. The average Bonchev–Trinajstić information content (AvgIpc) is 2.26. The Hall–Kier alpha value is -0.250. The first kappa shape index (κ1) is 12.8. The van der Waals surface area contributed by atoms with Crippen LogP contribution in [0.2, 0.25) is 5.15 Å². The van der Waals surface area contributed by atoms with Gasteiger partial charge in [0.1, 0.15) is 5.15 Å². The van der Waals surface area contributed by atoms with Gasteiger partial charge in [-0.25, -0.2) is 4.98 Å². The molecule has 1 aromatic rings. The van der Waals surface area contributed by atoms with E-state index in [2.05, 4.69) is 23.5 Å². The van der Waals surface area contributed by atoms with Crippen molar-refractivity contribution in [1.29, 1.82) is 0 Å². The Morgan fingerprint density at radius 2 is 2.40 bits per heavy atom. The van der Waals surface area contributed by atoms with Crippen LogP contribution >= 0.6 is 23.4 Å². The van der Waals surface area contributed by atoms with Crippen LogP contribution < -0.4 is 5.32 Å². The molecule has 0 aliphatic rings. The van der Waals surface area contributed by atoms with E-state index in [1.165, 1.54) is 6.42 Å². The van der Waals surface area contributed by atoms with Gasteiger partial charge in [-0.1, -0.05) is 24.6 Å². The third kappa shape index (κ3) is 4.87. The van der Waals surface area contributed by atoms with Gasteiger partial charge in [0.05, 0.1) is 0 Å². The van der Waals surface area contributed by atoms with Gasteiger partial charge in [0.2, 0.25) is 0 Å². The third-order valence-electron chi connectivity index (χ3n) is 2.28. The fraction of sp³-hybridized carbons (Fsp3) is 0.545. The fourth-order valence-corrected chi connectivity index (χ4v) is 1.74. The minimum Gasteiger partial charge on any atom is -0.313 e. The Morgan fingerprint density at radius 3 is 3.07 bits per heavy atom. The zero-order valence-corrected chi connectivity index (χ0v) is 10.7. The van der Waals surface area contributed by atoms with Crippen LogP contribution in [-0.2, 0) is 6.54 Å². The average molecular weight is 245 g/mol. The summed E-state index contributed by atoms with van der Waals surface area (Å²) in [5.74, 6) is 0. The molecule has 84 valence electrons. The van der Waals surface area contributed by atoms with Gasteiger partial charge in [0.25, 0.3) is 0 Å². The molecule has 0 saturated carbocycles. The first-order valence-electron chi connectivity index (χ1n) is 5.07. The molecule has 0 aliphatic heterocycles. The van der Waals surface area contributed by atoms with Crippen LogP contribution in [-0.4, -0.2) is 23.0 Å². The number of hydrogen-bond acceptors (Lipinski definition) is 3. The van der Waals surface area contributed by atoms with Gasteiger partial charge < -0.3 is 5.32 Å². The molecular weight excluding hydrogens is 228 g/mol. The fourth-order valence-electron chi connectivity index (χ4n) is 1.20. The molecule has 1 N–H and O–H groups in total. The Morgan fingerprint density at radius 1 is 1.60 bits per heavy atom. The number of pyridine rings is 1. The van der Waals surface area contributed by atoms with Gasteiger partial charge in [-0.3, -0.25) is 0 Å². The maximum atomic E-state index is 5.94. The highest BCUT2D eigenvalue weighted by Crippen LogP contribution is 2.11. The zero-order valence-electron chi connectivity index (χ0n) is 9.16. The molecule has 2 nitrogen and oxygen atoms in total. The van der Waals surface area contributed by atoms with Crippen molar-refractivity contribution in [3.05, 3.63) is 29.0 Å². The second kappa shape index (κ2) is 7.09. The molecule has 0 aliphatic carbocycles. The van der Waals surface area contributed by atoms with Crippen molar-refractivity contribution < 1.29 is 0 Å². The molecule has 1 rings (SSSR count). The predicted molar refractivity (Wildman–Crippen MR) is 68.5 cm³/mol. The molecule has 1 unspecified atom stereocenters. The SMILES string of the molecule is CSC(C)CCNCc1cccnc1Cl. The quantitative estimate of drug-likeness (QED) is 0.615. The van der Waals surface area contributed by atoms with E-state index in [4.69, 9.17) is 11.6 Å². The lowest BCUT2D eigenvalue weighted by atomic mass is 10.2. The molecule has 0 amide bonds. The smallest absolute Gasteiger partial charge is 0.133 e. The van der Waals surface area contributed by atoms with Crippen molar-refractivity contribution in [2.24, 2.45) is 0 Å². The molecule has 0 spiro atoms. The van der Waals surface area contributed by atoms with Crippen molar-refractivity contribution >= 4 is 23.4 Å². The van der Waals surface area contributed by atoms with Gasteiger partial charge in [-0.05, 0) is 25.3 Å². The van der Waals surface area contributed by atoms with Crippen LogP contribution in [0.15, 0.2) is 18.3 Å². The zero-order chi connectivity index (χ0) is 11.1. The van der Waals surface area contributed by atoms with Crippen LogP contribution in [0.4, 0.5) is 0 Å². The summed E-state index contributed by atoms with van der Waals surface area (Å²) in [5, 5.41) is 4.68. The highest BCUT2D eigenvalue weighted by atomic mass is 35.5. The lowest BCUT2D eigenvalue weighted by Crippen LogP contribution is -2.17. The maximum Gasteiger partial charge on any atom is 0.133 e. The van der Waals surface area contributed by atoms with E-state index in [9.17, 15) is 0 Å². The Labute approximate surface area is 101 Å². The number of halogens is 1. The van der Waals surface area contributed by atoms with Crippen LogP contribution in [0.5, 0.6) is 0 Å². The summed E-state index contributed by atoms with van der Waals surface area (Å²) in [4.78, 5) is 4.03. The largest absolute Gasteiger partial charge is 0.313 e. The van der Waals surface area contributed by atoms with Crippen molar-refractivity contribution in [3.8, 4) is 0 Å². The molecular formula is C11H17ClN2S. The molecule has 15 heavy (non-hydrogen) atoms. The summed E-state index contributed by atoms with van der Waals surface area (Å²) in [6.07, 6.45) is 5.03. The lowest BCUT2D eigenvalue weighted by molar-refractivity contribution is 0.647. The Kier molecular flexibility index (Phi) is 6.06. The van der Waals surface area contributed by atoms with Gasteiger partial charge in [0, 0.05) is 23.6 Å². The number of hydrogen-bond donors (Lipinski definition) is 1. The van der Waals surface area contributed by atoms with Crippen LogP contribution in [0.25, 0.3) is 0 Å². The summed E-state index contributed by atoms with van der Waals surface area (Å²) in [6, 6.07) is 3.91. The summed E-state index contributed by atoms with van der Waals surface area (Å²) >= 11 is 7.83. The molecule has 4 heteroatoms. The Bertz CT molecular complexity index is 294. The van der Waals surface area contributed by atoms with Crippen molar-refractivity contribution in [1.82, 2.24) is 10.3 Å². The summed E-state index contributed by atoms with van der Waals surface area (Å²) in [6.45, 7) is 4.06. The summed E-state index contributed by atoms with van der Waals surface area (Å²) in [5.41, 5.74) is 1.07. The topological polar surface area (TPSA) is 24.9 Å². The standard InChI is InChI=1S/C11H17ClN2S/c1-9(15-2)5-7-13-8-10-4-3-6-14-11(10)12/h3-4,6,9,13H,5,7-8H2,1-2H3. The second-order valence-electron chi connectivity index (χ2n) is 3.47. The molecule has 1 aromatic heterocycles. The Balaban J connectivity index is 2.23. The monoisotopic (exact) mass is 244 g/mol. The molecule has 0 bridgehead atoms. The van der Waals surface area contributed by atoms with Crippen molar-refractivity contribution in [2.75, 3.05) is 12.8 Å². The maximum absolute atomic E-state index is 5.94. The normalized spacial score (nSPS) is 12.7. The van der Waals surface area contributed by atoms with E-state index >= 15 is 0 Å². The highest BCUT2D eigenvalue weighted by Gasteiger charge is 2.01. The molecule has 0 aromatic carbocycles. The van der Waals surface area contributed by atoms with Crippen molar-refractivity contribution in [2.45, 2.75) is 25.1 Å². The number of nitrogens with one attached hydrogen (secondary N) is 1. The second-order valence-corrected chi connectivity index (χ2v) is 5.10. The first-order valence-corrected chi connectivity index (χ1v) is 6.73. The van der Waals surface area contributed by atoms with Gasteiger partial charge in [-0.2, -0.15) is 11.8 Å². The van der Waals surface area contributed by atoms with Crippen LogP contribution in [0, 0.1) is 0 Å². The van der Waals surface area contributed by atoms with Crippen LogP contribution in [0.3, 0.4) is 0 Å². The van der Waals surface area contributed by atoms with Gasteiger partial charge in [0.15, 0.2) is 0 Å². The van der Waals surface area contributed by atoms with E-state index in [1.807, 2.05) is 23.9 Å². The molecule has 0 fully saturated rings. The minimum absolute atomic E-state index is 0.600. The van der Waals surface area contributed by atoms with E-state index in [1.54, 1.807) is 6.20 Å². The lowest BCUT2D eigenvalue weighted by Gasteiger charge is -2.09. The van der Waals surface area contributed by atoms with E-state index in [0.29, 0.717) is 10.4 Å². The molecule has 1 heterocycles. The van der Waals surface area contributed by atoms with E-state index in [0.717, 1.165) is 18.7 Å². The molecule has 0 radical (unpaired) electrons. The van der Waals surface area contributed by atoms with Gasteiger partial charge >= 0.3 is 0 Å². The van der Waals surface area contributed by atoms with E-state index in [-0.39, 0.29) is 0 Å². The highest BCUT2D eigenvalue weighted by molar-refractivity contribution is 7.99. The van der Waals surface area contributed by atoms with Crippen molar-refractivity contribution in [3.63, 3.8) is 0 Å². The minimum atomic E-state index is 0.600. The summed E-state index contributed by atoms with van der Waals surface area (Å²) < 4.78 is 0. The molecule has 1 atom stereocenters. The first-order chi connectivity index (χ1) is 7.24. The molecule has 0 saturated heterocycles. The summed E-state index contributed by atoms with van der Waals surface area (Å²) in [7, 11) is 0. The van der Waals surface area contributed by atoms with E-state index < -0.39 is 0 Å². The van der Waals surface area contributed by atoms with Crippen LogP contribution in [0.1, 0.15) is 18.9 Å². The van der Waals surface area contributed by atoms with Gasteiger partial charge in [-0.15, -0.1) is 0 Å². The predicted octanol–water partition coefficient (Wildman–Crippen LogP) is 2.97. The number of nitrogens with zero attached hydrogens (tertiary/aromatic N) is 1. The number of thioether (sulfide) groups is 1.